The molecule has 1 aromatic heterocycles. The zero-order chi connectivity index (χ0) is 23.5. The van der Waals surface area contributed by atoms with Crippen LogP contribution >= 0.6 is 11.3 Å². The maximum Gasteiger partial charge on any atom is 0.268 e. The summed E-state index contributed by atoms with van der Waals surface area (Å²) in [4.78, 5) is 32.2. The monoisotopic (exact) mass is 463 g/mol. The Hall–Kier alpha value is -3.19. The molecule has 1 N–H and O–H groups in total. The summed E-state index contributed by atoms with van der Waals surface area (Å²) >= 11 is 1.64. The highest BCUT2D eigenvalue weighted by Gasteiger charge is 2.33. The molecule has 0 aliphatic carbocycles. The number of aromatic nitrogens is 1. The Kier molecular flexibility index (Phi) is 6.79. The number of hydrogen-bond acceptors (Lipinski definition) is 5. The van der Waals surface area contributed by atoms with Crippen LogP contribution in [0.2, 0.25) is 0 Å². The third kappa shape index (κ3) is 4.93. The lowest BCUT2D eigenvalue weighted by molar-refractivity contribution is -0.127. The van der Waals surface area contributed by atoms with Gasteiger partial charge in [0.1, 0.15) is 12.3 Å². The summed E-state index contributed by atoms with van der Waals surface area (Å²) in [6.45, 7) is 7.91. The van der Waals surface area contributed by atoms with Gasteiger partial charge in [0.05, 0.1) is 16.4 Å². The van der Waals surface area contributed by atoms with Gasteiger partial charge >= 0.3 is 0 Å². The highest BCUT2D eigenvalue weighted by atomic mass is 32.1. The van der Waals surface area contributed by atoms with E-state index in [0.29, 0.717) is 11.4 Å². The molecule has 33 heavy (non-hydrogen) atoms. The van der Waals surface area contributed by atoms with Gasteiger partial charge in [-0.3, -0.25) is 14.5 Å². The average Bonchev–Trinajstić information content (AvgIpc) is 3.26. The van der Waals surface area contributed by atoms with Crippen LogP contribution in [0.4, 0.5) is 11.4 Å². The smallest absolute Gasteiger partial charge is 0.268 e. The number of benzene rings is 2. The van der Waals surface area contributed by atoms with Crippen molar-refractivity contribution in [1.29, 1.82) is 0 Å². The van der Waals surface area contributed by atoms with Gasteiger partial charge in [-0.05, 0) is 55.5 Å². The van der Waals surface area contributed by atoms with Crippen molar-refractivity contribution in [3.8, 4) is 17.0 Å². The van der Waals surface area contributed by atoms with Gasteiger partial charge in [-0.15, -0.1) is 11.3 Å². The van der Waals surface area contributed by atoms with Gasteiger partial charge < -0.3 is 10.1 Å². The highest BCUT2D eigenvalue weighted by Crippen LogP contribution is 2.38. The number of para-hydroxylation sites is 1. The Bertz CT molecular complexity index is 1170. The molecule has 6 nitrogen and oxygen atoms in total. The summed E-state index contributed by atoms with van der Waals surface area (Å²) in [6, 6.07) is 13.4. The van der Waals surface area contributed by atoms with Gasteiger partial charge in [-0.2, -0.15) is 0 Å². The van der Waals surface area contributed by atoms with Crippen LogP contribution in [0.3, 0.4) is 0 Å². The number of nitrogens with one attached hydrogen (secondary N) is 1. The summed E-state index contributed by atoms with van der Waals surface area (Å²) in [6.07, 6.45) is 1.33. The molecule has 2 heterocycles. The second kappa shape index (κ2) is 9.75. The molecule has 2 aromatic carbocycles. The summed E-state index contributed by atoms with van der Waals surface area (Å²) in [5, 5.41) is 6.10. The fourth-order valence-electron chi connectivity index (χ4n) is 3.95. The minimum absolute atomic E-state index is 0.0897. The number of ether oxygens (including phenoxy) is 1. The number of rotatable bonds is 7. The lowest BCUT2D eigenvalue weighted by Crippen LogP contribution is -2.47. The van der Waals surface area contributed by atoms with Crippen LogP contribution in [0.25, 0.3) is 11.3 Å². The minimum Gasteiger partial charge on any atom is -0.479 e. The lowest BCUT2D eigenvalue weighted by Gasteiger charge is -2.33. The first-order chi connectivity index (χ1) is 15.9. The predicted octanol–water partition coefficient (Wildman–Crippen LogP) is 5.64. The molecule has 1 aliphatic rings. The van der Waals surface area contributed by atoms with Crippen molar-refractivity contribution in [3.05, 3.63) is 58.4 Å². The third-order valence-electron chi connectivity index (χ3n) is 5.64. The Balaban J connectivity index is 1.61. The molecule has 4 rings (SSSR count). The van der Waals surface area contributed by atoms with Crippen molar-refractivity contribution in [2.45, 2.75) is 52.6 Å². The Morgan fingerprint density at radius 2 is 2.03 bits per heavy atom. The fourth-order valence-corrected chi connectivity index (χ4v) is 4.86. The van der Waals surface area contributed by atoms with Gasteiger partial charge in [-0.25, -0.2) is 4.98 Å². The van der Waals surface area contributed by atoms with E-state index in [1.54, 1.807) is 18.3 Å². The van der Waals surface area contributed by atoms with Crippen molar-refractivity contribution < 1.29 is 14.3 Å². The molecule has 0 saturated carbocycles. The number of carbonyl (C=O) groups is 2. The minimum atomic E-state index is -0.658. The Morgan fingerprint density at radius 1 is 1.24 bits per heavy atom. The number of fused-ring (bicyclic) bond motifs is 1. The van der Waals surface area contributed by atoms with E-state index in [9.17, 15) is 9.59 Å². The molecule has 2 amide bonds. The lowest BCUT2D eigenvalue weighted by atomic mass is 10.0. The number of amides is 2. The first kappa shape index (κ1) is 23.0. The summed E-state index contributed by atoms with van der Waals surface area (Å²) in [5.41, 5.74) is 4.18. The number of anilines is 2. The molecule has 1 atom stereocenters. The molecule has 0 bridgehead atoms. The molecule has 7 heteroatoms. The number of aryl methyl sites for hydroxylation is 1. The van der Waals surface area contributed by atoms with E-state index < -0.39 is 6.10 Å². The summed E-state index contributed by atoms with van der Waals surface area (Å²) in [5.74, 6) is 0.369. The van der Waals surface area contributed by atoms with Crippen LogP contribution in [0.5, 0.6) is 5.75 Å². The molecule has 0 spiro atoms. The zero-order valence-corrected chi connectivity index (χ0v) is 20.2. The van der Waals surface area contributed by atoms with E-state index in [-0.39, 0.29) is 24.3 Å². The molecule has 1 aliphatic heterocycles. The van der Waals surface area contributed by atoms with Crippen LogP contribution in [0.15, 0.2) is 47.8 Å². The molecule has 0 fully saturated rings. The van der Waals surface area contributed by atoms with Crippen LogP contribution in [0, 0.1) is 0 Å². The van der Waals surface area contributed by atoms with Gasteiger partial charge in [0, 0.05) is 16.6 Å². The van der Waals surface area contributed by atoms with Crippen LogP contribution < -0.4 is 15.0 Å². The van der Waals surface area contributed by atoms with Crippen molar-refractivity contribution >= 4 is 34.5 Å². The van der Waals surface area contributed by atoms with Crippen molar-refractivity contribution in [2.75, 3.05) is 16.8 Å². The van der Waals surface area contributed by atoms with Gasteiger partial charge in [-0.1, -0.05) is 39.0 Å². The molecule has 1 unspecified atom stereocenters. The SMILES string of the molecule is CCCc1nc(-c2ccc3c(c2)N(CC(=O)Nc2ccccc2C(C)C)C(=O)C(C)O3)cs1. The van der Waals surface area contributed by atoms with E-state index >= 15 is 0 Å². The van der Waals surface area contributed by atoms with E-state index in [4.69, 9.17) is 9.72 Å². The standard InChI is InChI=1S/C26H29N3O3S/c1-5-8-25-28-21(15-33-25)18-11-12-23-22(13-18)29(26(31)17(4)32-23)14-24(30)27-20-10-7-6-9-19(20)16(2)3/h6-7,9-13,15-17H,5,8,14H2,1-4H3,(H,27,30). The first-order valence-corrected chi connectivity index (χ1v) is 12.2. The molecule has 0 radical (unpaired) electrons. The largest absolute Gasteiger partial charge is 0.479 e. The second-order valence-corrected chi connectivity index (χ2v) is 9.48. The average molecular weight is 464 g/mol. The topological polar surface area (TPSA) is 71.5 Å². The van der Waals surface area contributed by atoms with E-state index in [1.807, 2.05) is 47.8 Å². The number of carbonyl (C=O) groups excluding carboxylic acids is 2. The van der Waals surface area contributed by atoms with Crippen molar-refractivity contribution in [3.63, 3.8) is 0 Å². The maximum atomic E-state index is 13.0. The molecular formula is C26H29N3O3S. The number of hydrogen-bond donors (Lipinski definition) is 1. The maximum absolute atomic E-state index is 13.0. The third-order valence-corrected chi connectivity index (χ3v) is 6.55. The molecule has 0 saturated heterocycles. The zero-order valence-electron chi connectivity index (χ0n) is 19.4. The Morgan fingerprint density at radius 3 is 2.79 bits per heavy atom. The fraction of sp³-hybridized carbons (Fsp3) is 0.346. The van der Waals surface area contributed by atoms with Crippen LogP contribution in [-0.2, 0) is 16.0 Å². The molecule has 3 aromatic rings. The van der Waals surface area contributed by atoms with Gasteiger partial charge in [0.25, 0.3) is 5.91 Å². The summed E-state index contributed by atoms with van der Waals surface area (Å²) < 4.78 is 5.82. The van der Waals surface area contributed by atoms with E-state index in [0.717, 1.165) is 40.4 Å². The van der Waals surface area contributed by atoms with E-state index in [2.05, 4.69) is 26.1 Å². The molecular weight excluding hydrogens is 434 g/mol. The predicted molar refractivity (Wildman–Crippen MR) is 133 cm³/mol. The Labute approximate surface area is 198 Å². The van der Waals surface area contributed by atoms with Gasteiger partial charge in [0.15, 0.2) is 6.10 Å². The number of nitrogens with zero attached hydrogens (tertiary/aromatic N) is 2. The van der Waals surface area contributed by atoms with E-state index in [1.165, 1.54) is 4.90 Å². The van der Waals surface area contributed by atoms with Gasteiger partial charge in [0.2, 0.25) is 5.91 Å². The van der Waals surface area contributed by atoms with Crippen LogP contribution in [0.1, 0.15) is 50.6 Å². The number of thiazole rings is 1. The van der Waals surface area contributed by atoms with Crippen LogP contribution in [-0.4, -0.2) is 29.4 Å². The first-order valence-electron chi connectivity index (χ1n) is 11.3. The van der Waals surface area contributed by atoms with Crippen molar-refractivity contribution in [1.82, 2.24) is 4.98 Å². The van der Waals surface area contributed by atoms with Crippen molar-refractivity contribution in [2.24, 2.45) is 0 Å². The normalized spacial score (nSPS) is 15.4. The quantitative estimate of drug-likeness (QED) is 0.492. The second-order valence-electron chi connectivity index (χ2n) is 8.53. The summed E-state index contributed by atoms with van der Waals surface area (Å²) in [7, 11) is 0. The highest BCUT2D eigenvalue weighted by molar-refractivity contribution is 7.09. The molecule has 172 valence electrons.